The highest BCUT2D eigenvalue weighted by molar-refractivity contribution is 7.22. The Morgan fingerprint density at radius 1 is 0.386 bits per heavy atom. The van der Waals surface area contributed by atoms with Gasteiger partial charge in [0.25, 0.3) is 0 Å². The fourth-order valence-electron chi connectivity index (χ4n) is 12.6. The lowest BCUT2D eigenvalue weighted by Crippen LogP contribution is -2.39. The molecule has 2 heterocycles. The first kappa shape index (κ1) is 67.6. The monoisotopic (exact) mass is 1170 g/mol. The standard InChI is InChI=1S/C72H117N9S2/c1-15-17-19-21-23-25-27-29-31-33-35-37-39-41-43-45-56-53-62-71(82-63-54-57(75(3)4)47-49-60(63)73-62)70(66(56)77(7)8)81(14)52-51-80(13)67-59(46-44-42-40-38-36-34-32-30-28-26-24-22-20-18-16-2)68(78(9)10)69(79(11)12)72-65(67)74-61-50-48-58(76(5)6)55-64(61)83-72/h47-50,53-55H,15-46,51-52H2,1-14H3/q+2. The van der Waals surface area contributed by atoms with Gasteiger partial charge in [-0.2, -0.15) is 0 Å². The lowest BCUT2D eigenvalue weighted by molar-refractivity contribution is 0.532. The number of benzene rings is 4. The molecule has 2 aromatic carbocycles. The van der Waals surface area contributed by atoms with Crippen molar-refractivity contribution < 1.29 is 0 Å². The first-order valence-corrected chi connectivity index (χ1v) is 35.1. The van der Waals surface area contributed by atoms with Gasteiger partial charge in [0.1, 0.15) is 45.3 Å². The summed E-state index contributed by atoms with van der Waals surface area (Å²) in [6.45, 7) is 6.30. The van der Waals surface area contributed by atoms with Crippen molar-refractivity contribution in [2.75, 3.05) is 122 Å². The summed E-state index contributed by atoms with van der Waals surface area (Å²) in [7, 11) is 26.7. The molecule has 0 amide bonds. The second-order valence-corrected chi connectivity index (χ2v) is 27.8. The van der Waals surface area contributed by atoms with Crippen molar-refractivity contribution in [3.05, 3.63) is 64.3 Å². The molecule has 0 radical (unpaired) electrons. The molecule has 2 aliphatic heterocycles. The number of hydrogen-bond acceptors (Lipinski definition) is 9. The van der Waals surface area contributed by atoms with Crippen molar-refractivity contribution in [2.24, 2.45) is 0 Å². The molecule has 0 saturated carbocycles. The maximum atomic E-state index is 5.70. The van der Waals surface area contributed by atoms with E-state index in [4.69, 9.17) is 9.97 Å². The average Bonchev–Trinajstić information content (AvgIpc) is 3.65. The highest BCUT2D eigenvalue weighted by atomic mass is 32.1. The van der Waals surface area contributed by atoms with Crippen molar-refractivity contribution in [1.29, 1.82) is 0 Å². The molecule has 6 rings (SSSR count). The van der Waals surface area contributed by atoms with Gasteiger partial charge >= 0.3 is 0 Å². The third-order valence-corrected chi connectivity index (χ3v) is 19.8. The number of unbranched alkanes of at least 4 members (excludes halogenated alkanes) is 28. The first-order chi connectivity index (χ1) is 40.2. The second kappa shape index (κ2) is 35.9. The van der Waals surface area contributed by atoms with Crippen molar-refractivity contribution in [1.82, 2.24) is 19.1 Å². The Morgan fingerprint density at radius 2 is 0.771 bits per heavy atom. The predicted octanol–water partition coefficient (Wildman–Crippen LogP) is 17.8. The van der Waals surface area contributed by atoms with Crippen LogP contribution in [0.4, 0.5) is 28.4 Å². The van der Waals surface area contributed by atoms with Crippen LogP contribution in [0.1, 0.15) is 218 Å². The molecule has 0 fully saturated rings. The lowest BCUT2D eigenvalue weighted by Gasteiger charge is -2.31. The number of rotatable bonds is 40. The number of fused-ring (bicyclic) bond motifs is 4. The van der Waals surface area contributed by atoms with E-state index < -0.39 is 0 Å². The summed E-state index contributed by atoms with van der Waals surface area (Å²) in [4.78, 5) is 25.6. The summed E-state index contributed by atoms with van der Waals surface area (Å²) >= 11 is 3.81. The van der Waals surface area contributed by atoms with E-state index in [9.17, 15) is 0 Å². The van der Waals surface area contributed by atoms with E-state index in [1.807, 2.05) is 22.7 Å². The van der Waals surface area contributed by atoms with E-state index in [1.165, 1.54) is 262 Å². The third-order valence-electron chi connectivity index (χ3n) is 17.5. The summed E-state index contributed by atoms with van der Waals surface area (Å²) in [6.07, 6.45) is 43.3. The Morgan fingerprint density at radius 3 is 1.18 bits per heavy atom. The van der Waals surface area contributed by atoms with Gasteiger partial charge in [-0.05, 0) is 68.1 Å². The Labute approximate surface area is 514 Å². The highest BCUT2D eigenvalue weighted by Gasteiger charge is 2.31. The maximum Gasteiger partial charge on any atom is 0.229 e. The van der Waals surface area contributed by atoms with Crippen molar-refractivity contribution in [3.63, 3.8) is 0 Å². The summed E-state index contributed by atoms with van der Waals surface area (Å²) in [6, 6.07) is 16.0. The van der Waals surface area contributed by atoms with Crippen LogP contribution in [0, 0.1) is 0 Å². The van der Waals surface area contributed by atoms with E-state index in [0.717, 1.165) is 48.4 Å². The Kier molecular flexibility index (Phi) is 29.2. The molecular formula is C72H117N9S2+2. The average molecular weight is 1170 g/mol. The van der Waals surface area contributed by atoms with Crippen LogP contribution in [0.3, 0.4) is 0 Å². The molecule has 0 saturated heterocycles. The minimum atomic E-state index is 0.837. The van der Waals surface area contributed by atoms with Crippen molar-refractivity contribution in [3.8, 4) is 21.1 Å². The van der Waals surface area contributed by atoms with Gasteiger partial charge in [-0.15, -0.1) is 22.7 Å². The Balaban J connectivity index is 1.26. The van der Waals surface area contributed by atoms with Crippen LogP contribution in [0.15, 0.2) is 42.5 Å². The second-order valence-electron chi connectivity index (χ2n) is 25.7. The summed E-state index contributed by atoms with van der Waals surface area (Å²) < 4.78 is 7.23. The molecule has 0 atom stereocenters. The number of anilines is 5. The SMILES string of the molecule is CCCCCCCCCCCCCCCCCc1cc2nc3ccc(N(C)C)cc3sc-2c(N(C)CCN(C)c2c3nc4ccc(N(C)C)cc4sc-3c(N(C)C)c(=[N+](C)C)c2CCCCCCCCCCCCCCCCC)c1=[N+](C)C. The van der Waals surface area contributed by atoms with Crippen LogP contribution in [0.2, 0.25) is 0 Å². The molecule has 0 bridgehead atoms. The molecule has 0 unspecified atom stereocenters. The van der Waals surface area contributed by atoms with Gasteiger partial charge in [-0.25, -0.2) is 19.1 Å². The minimum absolute atomic E-state index is 0.837. The van der Waals surface area contributed by atoms with Gasteiger partial charge in [-0.3, -0.25) is 0 Å². The van der Waals surface area contributed by atoms with Gasteiger partial charge < -0.3 is 24.5 Å². The molecular weight excluding hydrogens is 1050 g/mol. The molecule has 2 aliphatic carbocycles. The number of hydrogen-bond donors (Lipinski definition) is 0. The van der Waals surface area contributed by atoms with Gasteiger partial charge in [-0.1, -0.05) is 194 Å². The van der Waals surface area contributed by atoms with Crippen LogP contribution in [0.25, 0.3) is 41.6 Å². The number of aromatic nitrogens is 2. The Hall–Kier alpha value is -4.48. The van der Waals surface area contributed by atoms with E-state index >= 15 is 0 Å². The summed E-state index contributed by atoms with van der Waals surface area (Å²) in [5.74, 6) is 0. The van der Waals surface area contributed by atoms with Crippen LogP contribution < -0.4 is 44.4 Å². The van der Waals surface area contributed by atoms with Crippen LogP contribution >= 0.6 is 22.7 Å². The summed E-state index contributed by atoms with van der Waals surface area (Å²) in [5.41, 5.74) is 13.5. The fraction of sp³-hybridized carbons (Fsp3) is 0.667. The van der Waals surface area contributed by atoms with Crippen molar-refractivity contribution in [2.45, 2.75) is 219 Å². The predicted molar refractivity (Wildman–Crippen MR) is 374 cm³/mol. The van der Waals surface area contributed by atoms with E-state index in [1.54, 1.807) is 0 Å². The molecule has 83 heavy (non-hydrogen) atoms. The zero-order valence-corrected chi connectivity index (χ0v) is 57.1. The Bertz CT molecular complexity index is 2940. The van der Waals surface area contributed by atoms with E-state index in [-0.39, 0.29) is 0 Å². The van der Waals surface area contributed by atoms with Crippen molar-refractivity contribution >= 4 is 71.5 Å². The quantitative estimate of drug-likeness (QED) is 0.0216. The normalized spacial score (nSPS) is 11.7. The maximum absolute atomic E-state index is 5.70. The molecule has 2 aromatic rings. The highest BCUT2D eigenvalue weighted by Crippen LogP contribution is 2.44. The van der Waals surface area contributed by atoms with E-state index in [0.29, 0.717) is 0 Å². The van der Waals surface area contributed by atoms with Crippen LogP contribution in [-0.2, 0) is 12.8 Å². The topological polar surface area (TPSA) is 48.0 Å². The summed E-state index contributed by atoms with van der Waals surface area (Å²) in [5, 5.41) is 2.67. The number of likely N-dealkylation sites (N-methyl/N-ethyl adjacent to an activating group) is 2. The minimum Gasteiger partial charge on any atom is -0.378 e. The molecule has 0 aromatic heterocycles. The zero-order chi connectivity index (χ0) is 59.7. The van der Waals surface area contributed by atoms with Gasteiger partial charge in [0, 0.05) is 86.4 Å². The van der Waals surface area contributed by atoms with Crippen LogP contribution in [0.5, 0.6) is 0 Å². The molecule has 0 N–H and O–H groups in total. The molecule has 9 nitrogen and oxygen atoms in total. The fourth-order valence-corrected chi connectivity index (χ4v) is 15.1. The van der Waals surface area contributed by atoms with Gasteiger partial charge in [0.15, 0.2) is 0 Å². The first-order valence-electron chi connectivity index (χ1n) is 33.4. The largest absolute Gasteiger partial charge is 0.378 e. The van der Waals surface area contributed by atoms with Gasteiger partial charge in [0.2, 0.25) is 10.7 Å². The lowest BCUT2D eigenvalue weighted by atomic mass is 9.97. The third kappa shape index (κ3) is 20.0. The molecule has 0 spiro atoms. The molecule has 460 valence electrons. The van der Waals surface area contributed by atoms with Crippen LogP contribution in [-0.4, -0.2) is 108 Å². The smallest absolute Gasteiger partial charge is 0.229 e. The number of nitrogens with zero attached hydrogens (tertiary/aromatic N) is 9. The van der Waals surface area contributed by atoms with Gasteiger partial charge in [0.05, 0.1) is 47.1 Å². The number of aryl methyl sites for hydroxylation is 1. The molecule has 11 heteroatoms. The zero-order valence-electron chi connectivity index (χ0n) is 55.4. The molecule has 4 aliphatic rings. The van der Waals surface area contributed by atoms with E-state index in [2.05, 4.69) is 175 Å².